The Balaban J connectivity index is 1.57. The molecular weight excluding hydrogens is 394 g/mol. The van der Waals surface area contributed by atoms with Crippen LogP contribution in [0.15, 0.2) is 58.4 Å². The van der Waals surface area contributed by atoms with Gasteiger partial charge in [0.15, 0.2) is 11.5 Å². The van der Waals surface area contributed by atoms with E-state index in [4.69, 9.17) is 13.9 Å². The molecule has 5 unspecified atom stereocenters. The largest absolute Gasteiger partial charge is 0.497 e. The van der Waals surface area contributed by atoms with E-state index < -0.39 is 6.04 Å². The minimum absolute atomic E-state index is 0.0566. The maximum atomic E-state index is 13.7. The SMILES string of the molecule is COc1ccc(C2C3=C(OC4CC(C)C(C)CC4C3=O)C(=O)N2Cc2ccco2)cc1. The fourth-order valence-corrected chi connectivity index (χ4v) is 5.17. The average Bonchev–Trinajstić information content (AvgIpc) is 3.38. The molecule has 0 N–H and O–H groups in total. The second kappa shape index (κ2) is 7.59. The van der Waals surface area contributed by atoms with Gasteiger partial charge in [0.25, 0.3) is 5.91 Å². The molecule has 1 aliphatic carbocycles. The van der Waals surface area contributed by atoms with Gasteiger partial charge in [-0.1, -0.05) is 26.0 Å². The summed E-state index contributed by atoms with van der Waals surface area (Å²) in [6, 6.07) is 10.7. The number of methoxy groups -OCH3 is 1. The molecule has 1 saturated carbocycles. The topological polar surface area (TPSA) is 69.0 Å². The van der Waals surface area contributed by atoms with Crippen LogP contribution in [0.25, 0.3) is 0 Å². The Hall–Kier alpha value is -3.02. The van der Waals surface area contributed by atoms with Crippen LogP contribution in [0.2, 0.25) is 0 Å². The molecule has 1 amide bonds. The first-order valence-electron chi connectivity index (χ1n) is 10.9. The standard InChI is InChI=1S/C25H27NO5/c1-14-11-19-20(12-15(14)2)31-24-21(23(19)27)22(16-6-8-17(29-3)9-7-16)26(25(24)28)13-18-5-4-10-30-18/h4-10,14-15,19-20,22H,11-13H2,1-3H3. The molecule has 1 aromatic carbocycles. The number of furan rings is 1. The highest BCUT2D eigenvalue weighted by molar-refractivity contribution is 6.11. The Morgan fingerprint density at radius 2 is 1.81 bits per heavy atom. The van der Waals surface area contributed by atoms with Crippen molar-refractivity contribution in [3.8, 4) is 5.75 Å². The van der Waals surface area contributed by atoms with Gasteiger partial charge in [-0.05, 0) is 54.5 Å². The lowest BCUT2D eigenvalue weighted by molar-refractivity contribution is -0.137. The number of ether oxygens (including phenoxy) is 2. The van der Waals surface area contributed by atoms with Gasteiger partial charge >= 0.3 is 0 Å². The monoisotopic (exact) mass is 421 g/mol. The summed E-state index contributed by atoms with van der Waals surface area (Å²) in [5.74, 6) is 2.14. The van der Waals surface area contributed by atoms with Crippen LogP contribution in [0.5, 0.6) is 5.75 Å². The third kappa shape index (κ3) is 3.25. The van der Waals surface area contributed by atoms with Crippen LogP contribution in [0.1, 0.15) is 44.1 Å². The molecule has 0 radical (unpaired) electrons. The molecule has 5 rings (SSSR count). The lowest BCUT2D eigenvalue weighted by Gasteiger charge is -2.40. The summed E-state index contributed by atoms with van der Waals surface area (Å²) < 4.78 is 17.1. The minimum Gasteiger partial charge on any atom is -0.497 e. The van der Waals surface area contributed by atoms with Crippen molar-refractivity contribution in [2.45, 2.75) is 45.4 Å². The predicted molar refractivity (Wildman–Crippen MR) is 113 cm³/mol. The van der Waals surface area contributed by atoms with E-state index in [2.05, 4.69) is 13.8 Å². The zero-order valence-electron chi connectivity index (χ0n) is 18.0. The second-order valence-corrected chi connectivity index (χ2v) is 8.98. The van der Waals surface area contributed by atoms with E-state index in [9.17, 15) is 9.59 Å². The lowest BCUT2D eigenvalue weighted by atomic mass is 9.70. The highest BCUT2D eigenvalue weighted by Gasteiger charge is 2.53. The number of carbonyl (C=O) groups excluding carboxylic acids is 2. The van der Waals surface area contributed by atoms with Crippen LogP contribution in [0.4, 0.5) is 0 Å². The van der Waals surface area contributed by atoms with Crippen LogP contribution in [-0.2, 0) is 20.9 Å². The number of amides is 1. The van der Waals surface area contributed by atoms with Gasteiger partial charge in [0, 0.05) is 0 Å². The first-order chi connectivity index (χ1) is 15.0. The first kappa shape index (κ1) is 19.9. The first-order valence-corrected chi connectivity index (χ1v) is 10.9. The van der Waals surface area contributed by atoms with Gasteiger partial charge < -0.3 is 18.8 Å². The van der Waals surface area contributed by atoms with Crippen molar-refractivity contribution < 1.29 is 23.5 Å². The number of benzene rings is 1. The zero-order valence-corrected chi connectivity index (χ0v) is 18.0. The van der Waals surface area contributed by atoms with Crippen molar-refractivity contribution in [1.82, 2.24) is 4.90 Å². The fourth-order valence-electron chi connectivity index (χ4n) is 5.17. The van der Waals surface area contributed by atoms with Crippen molar-refractivity contribution in [3.63, 3.8) is 0 Å². The molecule has 1 fully saturated rings. The molecule has 31 heavy (non-hydrogen) atoms. The van der Waals surface area contributed by atoms with E-state index in [0.29, 0.717) is 23.2 Å². The molecule has 0 saturated heterocycles. The van der Waals surface area contributed by atoms with Crippen molar-refractivity contribution in [2.75, 3.05) is 7.11 Å². The second-order valence-electron chi connectivity index (χ2n) is 8.98. The minimum atomic E-state index is -0.499. The van der Waals surface area contributed by atoms with Crippen molar-refractivity contribution in [3.05, 3.63) is 65.3 Å². The van der Waals surface area contributed by atoms with E-state index in [-0.39, 0.29) is 36.0 Å². The van der Waals surface area contributed by atoms with Crippen LogP contribution in [0, 0.1) is 17.8 Å². The van der Waals surface area contributed by atoms with Crippen molar-refractivity contribution >= 4 is 11.7 Å². The van der Waals surface area contributed by atoms with Crippen LogP contribution >= 0.6 is 0 Å². The van der Waals surface area contributed by atoms with Gasteiger partial charge in [-0.25, -0.2) is 0 Å². The average molecular weight is 421 g/mol. The van der Waals surface area contributed by atoms with E-state index in [0.717, 1.165) is 24.2 Å². The highest BCUT2D eigenvalue weighted by atomic mass is 16.5. The molecule has 162 valence electrons. The molecule has 1 aromatic heterocycles. The third-order valence-corrected chi connectivity index (χ3v) is 7.14. The Morgan fingerprint density at radius 3 is 2.48 bits per heavy atom. The third-order valence-electron chi connectivity index (χ3n) is 7.14. The van der Waals surface area contributed by atoms with E-state index in [1.807, 2.05) is 30.3 Å². The summed E-state index contributed by atoms with van der Waals surface area (Å²) in [7, 11) is 1.61. The maximum Gasteiger partial charge on any atom is 0.290 e. The van der Waals surface area contributed by atoms with Crippen LogP contribution in [-0.4, -0.2) is 29.8 Å². The Labute approximate surface area is 181 Å². The maximum absolute atomic E-state index is 13.7. The van der Waals surface area contributed by atoms with Crippen molar-refractivity contribution in [2.24, 2.45) is 17.8 Å². The number of hydrogen-bond donors (Lipinski definition) is 0. The summed E-state index contributed by atoms with van der Waals surface area (Å²) in [5, 5.41) is 0. The summed E-state index contributed by atoms with van der Waals surface area (Å²) in [5.41, 5.74) is 1.35. The number of Topliss-reactive ketones (excluding diaryl/α,β-unsaturated/α-hetero) is 1. The lowest BCUT2D eigenvalue weighted by Crippen LogP contribution is -2.43. The van der Waals surface area contributed by atoms with Crippen molar-refractivity contribution in [1.29, 1.82) is 0 Å². The van der Waals surface area contributed by atoms with Gasteiger partial charge in [0.2, 0.25) is 0 Å². The Morgan fingerprint density at radius 1 is 1.06 bits per heavy atom. The molecule has 2 aliphatic heterocycles. The van der Waals surface area contributed by atoms with Gasteiger partial charge in [-0.15, -0.1) is 0 Å². The fraction of sp³-hybridized carbons (Fsp3) is 0.440. The molecule has 0 spiro atoms. The smallest absolute Gasteiger partial charge is 0.290 e. The molecule has 2 aromatic rings. The normalized spacial score (nSPS) is 30.2. The number of carbonyl (C=O) groups is 2. The summed E-state index contributed by atoms with van der Waals surface area (Å²) in [6.07, 6.45) is 2.96. The quantitative estimate of drug-likeness (QED) is 0.737. The van der Waals surface area contributed by atoms with Gasteiger partial charge in [0.05, 0.1) is 37.5 Å². The number of ketones is 1. The summed E-state index contributed by atoms with van der Waals surface area (Å²) in [4.78, 5) is 28.9. The van der Waals surface area contributed by atoms with Gasteiger partial charge in [-0.3, -0.25) is 9.59 Å². The Bertz CT molecular complexity index is 1020. The molecule has 6 heteroatoms. The molecule has 0 bridgehead atoms. The molecule has 3 aliphatic rings. The molecule has 5 atom stereocenters. The van der Waals surface area contributed by atoms with E-state index >= 15 is 0 Å². The Kier molecular flexibility index (Phi) is 4.88. The molecule has 6 nitrogen and oxygen atoms in total. The zero-order chi connectivity index (χ0) is 21.7. The summed E-state index contributed by atoms with van der Waals surface area (Å²) in [6.45, 7) is 4.66. The van der Waals surface area contributed by atoms with Crippen LogP contribution in [0.3, 0.4) is 0 Å². The van der Waals surface area contributed by atoms with E-state index in [1.165, 1.54) is 0 Å². The van der Waals surface area contributed by atoms with Crippen LogP contribution < -0.4 is 4.74 Å². The predicted octanol–water partition coefficient (Wildman–Crippen LogP) is 4.28. The highest BCUT2D eigenvalue weighted by Crippen LogP contribution is 2.49. The van der Waals surface area contributed by atoms with E-state index in [1.54, 1.807) is 24.3 Å². The molecule has 3 heterocycles. The summed E-state index contributed by atoms with van der Waals surface area (Å²) >= 11 is 0. The van der Waals surface area contributed by atoms with Gasteiger partial charge in [-0.2, -0.15) is 0 Å². The number of nitrogens with zero attached hydrogens (tertiary/aromatic N) is 1. The van der Waals surface area contributed by atoms with Gasteiger partial charge in [0.1, 0.15) is 17.6 Å². The number of hydrogen-bond acceptors (Lipinski definition) is 5. The number of rotatable bonds is 4. The number of fused-ring (bicyclic) bond motifs is 1. The molecular formula is C25H27NO5.